The summed E-state index contributed by atoms with van der Waals surface area (Å²) in [6.45, 7) is 6.82. The van der Waals surface area contributed by atoms with Crippen LogP contribution in [0.3, 0.4) is 0 Å². The van der Waals surface area contributed by atoms with Gasteiger partial charge in [-0.2, -0.15) is 0 Å². The maximum absolute atomic E-state index is 8.67. The van der Waals surface area contributed by atoms with Crippen LogP contribution in [0.15, 0.2) is 25.3 Å². The van der Waals surface area contributed by atoms with Crippen LogP contribution in [0.5, 0.6) is 0 Å². The van der Waals surface area contributed by atoms with Crippen molar-refractivity contribution in [3.63, 3.8) is 0 Å². The van der Waals surface area contributed by atoms with E-state index in [2.05, 4.69) is 13.2 Å². The zero-order valence-electron chi connectivity index (χ0n) is 6.30. The molecular weight excluding hydrogens is 127 g/mol. The van der Waals surface area contributed by atoms with Crippen molar-refractivity contribution in [2.75, 3.05) is 0 Å². The summed E-state index contributed by atoms with van der Waals surface area (Å²) < 4.78 is 0. The zero-order valence-corrected chi connectivity index (χ0v) is 8.42. The molecule has 0 spiro atoms. The fraction of sp³-hybridized carbons (Fsp3) is 0.333. The van der Waals surface area contributed by atoms with Crippen molar-refractivity contribution in [2.24, 2.45) is 0 Å². The fourth-order valence-corrected chi connectivity index (χ4v) is 0.267. The number of hydrogen-bond acceptors (Lipinski definition) is 1. The predicted octanol–water partition coefficient (Wildman–Crippen LogP) is -1.77. The second kappa shape index (κ2) is 8.08. The molecule has 1 N–H and O–H groups in total. The normalized spacial score (nSPS) is 11.1. The average molecular weight is 138 g/mol. The van der Waals surface area contributed by atoms with E-state index in [4.69, 9.17) is 5.11 Å². The largest absolute Gasteiger partial charge is 1.00 e. The molecule has 0 heterocycles. The topological polar surface area (TPSA) is 20.2 Å². The summed E-state index contributed by atoms with van der Waals surface area (Å²) in [5.74, 6) is 0. The third kappa shape index (κ3) is 7.08. The van der Waals surface area contributed by atoms with Gasteiger partial charge in [0.15, 0.2) is 0 Å². The first-order chi connectivity index (χ1) is 3.31. The van der Waals surface area contributed by atoms with Gasteiger partial charge in [-0.1, -0.05) is 12.2 Å². The molecule has 0 aliphatic heterocycles. The molecule has 0 bridgehead atoms. The summed E-state index contributed by atoms with van der Waals surface area (Å²) in [5, 5.41) is 8.67. The van der Waals surface area contributed by atoms with Gasteiger partial charge in [-0.15, -0.1) is 13.2 Å². The van der Waals surface area contributed by atoms with E-state index in [0.717, 1.165) is 0 Å². The SMILES string of the molecule is C=CCC(O)C=C.[H-].[K+]. The Hall–Kier alpha value is 1.08. The van der Waals surface area contributed by atoms with Crippen molar-refractivity contribution in [2.45, 2.75) is 12.5 Å². The van der Waals surface area contributed by atoms with E-state index in [0.29, 0.717) is 6.42 Å². The predicted molar refractivity (Wildman–Crippen MR) is 32.1 cm³/mol. The molecule has 8 heavy (non-hydrogen) atoms. The fourth-order valence-electron chi connectivity index (χ4n) is 0.267. The number of aliphatic hydroxyl groups excluding tert-OH is 1. The Kier molecular flexibility index (Phi) is 11.9. The summed E-state index contributed by atoms with van der Waals surface area (Å²) in [6, 6.07) is 0. The first-order valence-corrected chi connectivity index (χ1v) is 2.22. The van der Waals surface area contributed by atoms with Crippen molar-refractivity contribution in [3.05, 3.63) is 25.3 Å². The Morgan fingerprint density at radius 3 is 2.25 bits per heavy atom. The van der Waals surface area contributed by atoms with Gasteiger partial charge in [-0.3, -0.25) is 0 Å². The Balaban J connectivity index is -0.000000180. The number of aliphatic hydroxyl groups is 1. The van der Waals surface area contributed by atoms with Gasteiger partial charge in [0, 0.05) is 0 Å². The smallest absolute Gasteiger partial charge is 1.00 e. The Morgan fingerprint density at radius 1 is 1.62 bits per heavy atom. The van der Waals surface area contributed by atoms with Crippen LogP contribution < -0.4 is 51.4 Å². The first-order valence-electron chi connectivity index (χ1n) is 2.22. The minimum Gasteiger partial charge on any atom is -1.00 e. The monoisotopic (exact) mass is 138 g/mol. The van der Waals surface area contributed by atoms with Crippen LogP contribution in [-0.2, 0) is 0 Å². The van der Waals surface area contributed by atoms with Crippen molar-refractivity contribution >= 4 is 0 Å². The van der Waals surface area contributed by atoms with Crippen LogP contribution in [0.1, 0.15) is 7.85 Å². The van der Waals surface area contributed by atoms with Crippen LogP contribution in [-0.4, -0.2) is 11.2 Å². The summed E-state index contributed by atoms with van der Waals surface area (Å²) in [6.07, 6.45) is 3.34. The van der Waals surface area contributed by atoms with Crippen LogP contribution in [0.25, 0.3) is 0 Å². The quantitative estimate of drug-likeness (QED) is 0.361. The molecule has 42 valence electrons. The molecule has 2 heteroatoms. The van der Waals surface area contributed by atoms with Gasteiger partial charge >= 0.3 is 51.4 Å². The van der Waals surface area contributed by atoms with Crippen molar-refractivity contribution in [1.82, 2.24) is 0 Å². The molecule has 0 aromatic carbocycles. The molecule has 0 saturated heterocycles. The standard InChI is InChI=1S/C6H10O.K.H/c1-3-5-6(7)4-2;;/h3-4,6-7H,1-2,5H2;;/q;+1;-1. The van der Waals surface area contributed by atoms with Gasteiger partial charge < -0.3 is 6.53 Å². The van der Waals surface area contributed by atoms with E-state index in [1.165, 1.54) is 6.08 Å². The minimum absolute atomic E-state index is 0. The first kappa shape index (κ1) is 11.8. The van der Waals surface area contributed by atoms with Crippen molar-refractivity contribution < 1.29 is 57.9 Å². The number of hydrogen-bond donors (Lipinski definition) is 1. The van der Waals surface area contributed by atoms with Gasteiger partial charge in [-0.05, 0) is 6.42 Å². The molecule has 1 unspecified atom stereocenters. The molecule has 1 atom stereocenters. The second-order valence-corrected chi connectivity index (χ2v) is 1.33. The average Bonchev–Trinajstić information content (AvgIpc) is 1.68. The van der Waals surface area contributed by atoms with Crippen LogP contribution in [0.2, 0.25) is 0 Å². The maximum atomic E-state index is 8.67. The summed E-state index contributed by atoms with van der Waals surface area (Å²) >= 11 is 0. The third-order valence-electron chi connectivity index (χ3n) is 0.680. The molecule has 0 aromatic heterocycles. The van der Waals surface area contributed by atoms with Crippen molar-refractivity contribution in [3.8, 4) is 0 Å². The van der Waals surface area contributed by atoms with E-state index in [9.17, 15) is 0 Å². The second-order valence-electron chi connectivity index (χ2n) is 1.33. The van der Waals surface area contributed by atoms with E-state index >= 15 is 0 Å². The molecule has 0 rings (SSSR count). The molecule has 0 saturated carbocycles. The van der Waals surface area contributed by atoms with Gasteiger partial charge in [-0.25, -0.2) is 0 Å². The molecule has 1 nitrogen and oxygen atoms in total. The Labute approximate surface area is 94.4 Å². The molecule has 0 aliphatic rings. The molecule has 0 aliphatic carbocycles. The Bertz CT molecular complexity index is 75.5. The molecular formula is C6H11KO. The van der Waals surface area contributed by atoms with Gasteiger partial charge in [0.2, 0.25) is 0 Å². The zero-order chi connectivity index (χ0) is 5.70. The summed E-state index contributed by atoms with van der Waals surface area (Å²) in [4.78, 5) is 0. The number of rotatable bonds is 3. The molecule has 0 fully saturated rings. The van der Waals surface area contributed by atoms with Crippen LogP contribution >= 0.6 is 0 Å². The van der Waals surface area contributed by atoms with Gasteiger partial charge in [0.05, 0.1) is 6.10 Å². The molecule has 0 amide bonds. The van der Waals surface area contributed by atoms with Gasteiger partial charge in [0.25, 0.3) is 0 Å². The van der Waals surface area contributed by atoms with Crippen LogP contribution in [0, 0.1) is 0 Å². The minimum atomic E-state index is -0.405. The molecule has 0 aromatic rings. The van der Waals surface area contributed by atoms with E-state index in [1.54, 1.807) is 6.08 Å². The summed E-state index contributed by atoms with van der Waals surface area (Å²) in [7, 11) is 0. The van der Waals surface area contributed by atoms with E-state index < -0.39 is 6.10 Å². The van der Waals surface area contributed by atoms with E-state index in [-0.39, 0.29) is 52.8 Å². The maximum Gasteiger partial charge on any atom is 1.00 e. The Morgan fingerprint density at radius 2 is 2.12 bits per heavy atom. The van der Waals surface area contributed by atoms with Crippen LogP contribution in [0.4, 0.5) is 0 Å². The van der Waals surface area contributed by atoms with Gasteiger partial charge in [0.1, 0.15) is 0 Å². The van der Waals surface area contributed by atoms with E-state index in [1.807, 2.05) is 0 Å². The third-order valence-corrected chi connectivity index (χ3v) is 0.680. The molecule has 0 radical (unpaired) electrons. The summed E-state index contributed by atoms with van der Waals surface area (Å²) in [5.41, 5.74) is 0. The van der Waals surface area contributed by atoms with Crippen molar-refractivity contribution in [1.29, 1.82) is 0 Å².